The van der Waals surface area contributed by atoms with Gasteiger partial charge >= 0.3 is 0 Å². The number of aliphatic hydroxyl groups is 1. The summed E-state index contributed by atoms with van der Waals surface area (Å²) in [4.78, 5) is 0. The van der Waals surface area contributed by atoms with Gasteiger partial charge in [0.15, 0.2) is 23.0 Å². The molecule has 0 bridgehead atoms. The topological polar surface area (TPSA) is 77.4 Å². The number of phenols is 1. The summed E-state index contributed by atoms with van der Waals surface area (Å²) in [7, 11) is 3.10. The van der Waals surface area contributed by atoms with Gasteiger partial charge in [-0.05, 0) is 41.8 Å². The second-order valence-electron chi connectivity index (χ2n) is 7.23. The highest BCUT2D eigenvalue weighted by Crippen LogP contribution is 2.51. The molecule has 2 atom stereocenters. The molecule has 6 nitrogen and oxygen atoms in total. The summed E-state index contributed by atoms with van der Waals surface area (Å²) in [5.74, 6) is 1.40. The fraction of sp³-hybridized carbons (Fsp3) is 0.417. The van der Waals surface area contributed by atoms with Crippen LogP contribution in [0.3, 0.4) is 0 Å². The van der Waals surface area contributed by atoms with Crippen molar-refractivity contribution in [2.24, 2.45) is 0 Å². The van der Waals surface area contributed by atoms with Crippen LogP contribution in [-0.2, 0) is 4.74 Å². The molecule has 30 heavy (non-hydrogen) atoms. The fourth-order valence-electron chi connectivity index (χ4n) is 3.62. The van der Waals surface area contributed by atoms with Crippen molar-refractivity contribution in [1.82, 2.24) is 0 Å². The number of rotatable bonds is 10. The number of hydrogen-bond acceptors (Lipinski definition) is 6. The maximum Gasteiger partial charge on any atom is 0.165 e. The summed E-state index contributed by atoms with van der Waals surface area (Å²) < 4.78 is 22.6. The van der Waals surface area contributed by atoms with E-state index in [1.165, 1.54) is 7.11 Å². The highest BCUT2D eigenvalue weighted by molar-refractivity contribution is 5.62. The number of benzene rings is 2. The zero-order valence-electron chi connectivity index (χ0n) is 17.8. The fourth-order valence-corrected chi connectivity index (χ4v) is 3.62. The van der Waals surface area contributed by atoms with Crippen molar-refractivity contribution in [2.45, 2.75) is 31.8 Å². The molecule has 0 aromatic heterocycles. The molecule has 0 spiro atoms. The van der Waals surface area contributed by atoms with E-state index in [2.05, 4.69) is 6.92 Å². The molecule has 3 rings (SSSR count). The normalized spacial score (nSPS) is 17.7. The first-order valence-corrected chi connectivity index (χ1v) is 10.2. The summed E-state index contributed by atoms with van der Waals surface area (Å²) in [5.41, 5.74) is 2.65. The van der Waals surface area contributed by atoms with Crippen LogP contribution in [0.2, 0.25) is 0 Å². The Morgan fingerprint density at radius 3 is 2.60 bits per heavy atom. The van der Waals surface area contributed by atoms with E-state index in [9.17, 15) is 10.2 Å². The Bertz CT molecular complexity index is 876. The van der Waals surface area contributed by atoms with Crippen LogP contribution >= 0.6 is 0 Å². The van der Waals surface area contributed by atoms with Crippen LogP contribution in [0, 0.1) is 0 Å². The number of methoxy groups -OCH3 is 2. The first-order chi connectivity index (χ1) is 14.6. The maximum atomic E-state index is 10.1. The van der Waals surface area contributed by atoms with Crippen molar-refractivity contribution in [3.05, 3.63) is 53.1 Å². The molecule has 2 unspecified atom stereocenters. The molecule has 0 fully saturated rings. The van der Waals surface area contributed by atoms with Crippen molar-refractivity contribution in [3.63, 3.8) is 0 Å². The van der Waals surface area contributed by atoms with Gasteiger partial charge in [-0.2, -0.15) is 0 Å². The smallest absolute Gasteiger partial charge is 0.165 e. The molecule has 1 aliphatic heterocycles. The molecule has 0 saturated carbocycles. The first-order valence-electron chi connectivity index (χ1n) is 10.2. The highest BCUT2D eigenvalue weighted by Gasteiger charge is 2.37. The van der Waals surface area contributed by atoms with E-state index in [4.69, 9.17) is 18.9 Å². The van der Waals surface area contributed by atoms with E-state index >= 15 is 0 Å². The second-order valence-corrected chi connectivity index (χ2v) is 7.23. The van der Waals surface area contributed by atoms with E-state index in [1.54, 1.807) is 25.3 Å². The SMILES string of the molecule is CCCCOCC=Cc1cc(OC)c2c(c1)C(CO)C(c1ccc(O)c(OC)c1)O2. The molecule has 162 valence electrons. The Hall–Kier alpha value is -2.70. The van der Waals surface area contributed by atoms with Crippen LogP contribution in [0.25, 0.3) is 6.08 Å². The molecule has 0 amide bonds. The van der Waals surface area contributed by atoms with Gasteiger partial charge in [-0.25, -0.2) is 0 Å². The van der Waals surface area contributed by atoms with Gasteiger partial charge in [0.05, 0.1) is 33.4 Å². The first kappa shape index (κ1) is 22.0. The molecular formula is C24H30O6. The van der Waals surface area contributed by atoms with Crippen molar-refractivity contribution in [3.8, 4) is 23.0 Å². The Morgan fingerprint density at radius 2 is 1.90 bits per heavy atom. The molecule has 2 aromatic rings. The number of aliphatic hydroxyl groups excluding tert-OH is 1. The molecule has 1 aliphatic rings. The minimum Gasteiger partial charge on any atom is -0.504 e. The highest BCUT2D eigenvalue weighted by atomic mass is 16.5. The largest absolute Gasteiger partial charge is 0.504 e. The lowest BCUT2D eigenvalue weighted by atomic mass is 9.90. The van der Waals surface area contributed by atoms with Gasteiger partial charge < -0.3 is 29.2 Å². The third-order valence-corrected chi connectivity index (χ3v) is 5.23. The van der Waals surface area contributed by atoms with Gasteiger partial charge in [0.2, 0.25) is 0 Å². The summed E-state index contributed by atoms with van der Waals surface area (Å²) in [5, 5.41) is 20.0. The minimum atomic E-state index is -0.412. The number of fused-ring (bicyclic) bond motifs is 1. The van der Waals surface area contributed by atoms with Crippen LogP contribution in [-0.4, -0.2) is 44.3 Å². The van der Waals surface area contributed by atoms with Gasteiger partial charge in [0, 0.05) is 12.2 Å². The third-order valence-electron chi connectivity index (χ3n) is 5.23. The molecule has 2 N–H and O–H groups in total. The van der Waals surface area contributed by atoms with Crippen molar-refractivity contribution in [2.75, 3.05) is 34.0 Å². The van der Waals surface area contributed by atoms with Crippen LogP contribution in [0.1, 0.15) is 48.5 Å². The van der Waals surface area contributed by atoms with Crippen LogP contribution in [0.15, 0.2) is 36.4 Å². The molecule has 2 aromatic carbocycles. The molecule has 6 heteroatoms. The van der Waals surface area contributed by atoms with E-state index < -0.39 is 6.10 Å². The lowest BCUT2D eigenvalue weighted by Gasteiger charge is -2.18. The molecule has 0 radical (unpaired) electrons. The average molecular weight is 414 g/mol. The van der Waals surface area contributed by atoms with E-state index in [1.807, 2.05) is 24.3 Å². The number of hydrogen-bond donors (Lipinski definition) is 2. The van der Waals surface area contributed by atoms with Crippen LogP contribution in [0.4, 0.5) is 0 Å². The Morgan fingerprint density at radius 1 is 1.10 bits per heavy atom. The lowest BCUT2D eigenvalue weighted by molar-refractivity contribution is 0.156. The number of ether oxygens (including phenoxy) is 4. The quantitative estimate of drug-likeness (QED) is 0.560. The average Bonchev–Trinajstić information content (AvgIpc) is 3.14. The van der Waals surface area contributed by atoms with Gasteiger partial charge in [0.1, 0.15) is 6.10 Å². The van der Waals surface area contributed by atoms with Gasteiger partial charge in [-0.15, -0.1) is 0 Å². The summed E-state index contributed by atoms with van der Waals surface area (Å²) in [6.07, 6.45) is 5.72. The van der Waals surface area contributed by atoms with Gasteiger partial charge in [0.25, 0.3) is 0 Å². The predicted octanol–water partition coefficient (Wildman–Crippen LogP) is 4.45. The molecule has 0 saturated heterocycles. The Balaban J connectivity index is 1.86. The third kappa shape index (κ3) is 4.71. The van der Waals surface area contributed by atoms with E-state index in [0.717, 1.165) is 36.1 Å². The van der Waals surface area contributed by atoms with E-state index in [0.29, 0.717) is 23.9 Å². The summed E-state index contributed by atoms with van der Waals surface area (Å²) >= 11 is 0. The summed E-state index contributed by atoms with van der Waals surface area (Å²) in [6.45, 7) is 3.36. The van der Waals surface area contributed by atoms with Crippen molar-refractivity contribution >= 4 is 6.08 Å². The Labute approximate surface area is 177 Å². The monoisotopic (exact) mass is 414 g/mol. The van der Waals surface area contributed by atoms with Gasteiger partial charge in [-0.1, -0.05) is 31.6 Å². The second kappa shape index (κ2) is 10.4. The number of phenolic OH excluding ortho intramolecular Hbond substituents is 1. The van der Waals surface area contributed by atoms with Crippen LogP contribution < -0.4 is 14.2 Å². The minimum absolute atomic E-state index is 0.0588. The Kier molecular flexibility index (Phi) is 7.60. The van der Waals surface area contributed by atoms with Crippen molar-refractivity contribution < 1.29 is 29.2 Å². The predicted molar refractivity (Wildman–Crippen MR) is 116 cm³/mol. The summed E-state index contributed by atoms with van der Waals surface area (Å²) in [6, 6.07) is 9.00. The molecular weight excluding hydrogens is 384 g/mol. The van der Waals surface area contributed by atoms with E-state index in [-0.39, 0.29) is 18.3 Å². The molecule has 0 aliphatic carbocycles. The lowest BCUT2D eigenvalue weighted by Crippen LogP contribution is -2.13. The van der Waals surface area contributed by atoms with Crippen molar-refractivity contribution in [1.29, 1.82) is 0 Å². The van der Waals surface area contributed by atoms with Gasteiger partial charge in [-0.3, -0.25) is 0 Å². The van der Waals surface area contributed by atoms with Crippen LogP contribution in [0.5, 0.6) is 23.0 Å². The zero-order valence-corrected chi connectivity index (χ0v) is 17.8. The molecule has 1 heterocycles. The number of unbranched alkanes of at least 4 members (excludes halogenated alkanes) is 1. The standard InChI is InChI=1S/C24H30O6/c1-4-5-10-29-11-6-7-16-12-18-19(15-25)23(30-24(18)22(13-16)28-3)17-8-9-20(26)21(14-17)27-2/h6-9,12-14,19,23,25-26H,4-5,10-11,15H2,1-3H3. The maximum absolute atomic E-state index is 10.1. The number of aromatic hydroxyl groups is 1. The zero-order chi connectivity index (χ0) is 21.5.